The van der Waals surface area contributed by atoms with Gasteiger partial charge in [-0.1, -0.05) is 0 Å². The van der Waals surface area contributed by atoms with Crippen LogP contribution in [0.25, 0.3) is 0 Å². The second kappa shape index (κ2) is 8.12. The third-order valence-electron chi connectivity index (χ3n) is 3.64. The highest BCUT2D eigenvalue weighted by Crippen LogP contribution is 2.21. The summed E-state index contributed by atoms with van der Waals surface area (Å²) >= 11 is 6.90. The summed E-state index contributed by atoms with van der Waals surface area (Å²) in [5.41, 5.74) is 0.404. The van der Waals surface area contributed by atoms with Gasteiger partial charge in [0.15, 0.2) is 0 Å². The van der Waals surface area contributed by atoms with Crippen LogP contribution in [0.2, 0.25) is 0 Å². The van der Waals surface area contributed by atoms with E-state index in [9.17, 15) is 4.79 Å². The third-order valence-corrected chi connectivity index (χ3v) is 4.76. The number of nitrogens with one attached hydrogen (secondary N) is 1. The number of pyridine rings is 1. The number of methoxy groups -OCH3 is 1. The number of rotatable bonds is 4. The second-order valence-electron chi connectivity index (χ2n) is 6.73. The molecule has 1 aromatic heterocycles. The molecule has 0 aromatic carbocycles. The van der Waals surface area contributed by atoms with Gasteiger partial charge in [-0.05, 0) is 58.7 Å². The summed E-state index contributed by atoms with van der Waals surface area (Å²) in [6.07, 6.45) is 1.38. The van der Waals surface area contributed by atoms with Crippen molar-refractivity contribution in [3.63, 3.8) is 0 Å². The first-order valence-electron chi connectivity index (χ1n) is 7.73. The lowest BCUT2D eigenvalue weighted by molar-refractivity contribution is 0.0252. The van der Waals surface area contributed by atoms with E-state index in [1.54, 1.807) is 18.2 Å². The fourth-order valence-electron chi connectivity index (χ4n) is 2.49. The number of hydrogen-bond donors (Lipinski definition) is 1. The Morgan fingerprint density at radius 1 is 1.42 bits per heavy atom. The number of amides is 1. The zero-order chi connectivity index (χ0) is 17.9. The van der Waals surface area contributed by atoms with Crippen LogP contribution in [-0.4, -0.2) is 53.9 Å². The van der Waals surface area contributed by atoms with Gasteiger partial charge in [-0.3, -0.25) is 4.98 Å². The lowest BCUT2D eigenvalue weighted by Gasteiger charge is -2.24. The molecule has 1 aliphatic rings. The van der Waals surface area contributed by atoms with Gasteiger partial charge in [0.2, 0.25) is 0 Å². The van der Waals surface area contributed by atoms with Gasteiger partial charge in [0.25, 0.3) is 0 Å². The van der Waals surface area contributed by atoms with Crippen molar-refractivity contribution in [3.8, 4) is 0 Å². The van der Waals surface area contributed by atoms with E-state index in [1.165, 1.54) is 0 Å². The van der Waals surface area contributed by atoms with Crippen molar-refractivity contribution >= 4 is 38.0 Å². The molecule has 2 heterocycles. The zero-order valence-corrected chi connectivity index (χ0v) is 17.5. The van der Waals surface area contributed by atoms with E-state index in [1.807, 2.05) is 26.8 Å². The van der Waals surface area contributed by atoms with Crippen LogP contribution in [0.5, 0.6) is 0 Å². The van der Waals surface area contributed by atoms with E-state index in [4.69, 9.17) is 9.47 Å². The molecule has 24 heavy (non-hydrogen) atoms. The molecule has 6 nitrogen and oxygen atoms in total. The van der Waals surface area contributed by atoms with Crippen LogP contribution in [0.1, 0.15) is 26.5 Å². The molecule has 1 amide bonds. The van der Waals surface area contributed by atoms with Crippen LogP contribution in [0, 0.1) is 0 Å². The number of nitrogens with zero attached hydrogens (tertiary/aromatic N) is 2. The topological polar surface area (TPSA) is 63.7 Å². The SMILES string of the molecule is CO[C@H]1CN(C(=O)OC(C)(C)C)CC1NCc1ncc(Br)cc1Br. The molecule has 1 saturated heterocycles. The van der Waals surface area contributed by atoms with Crippen molar-refractivity contribution in [2.24, 2.45) is 0 Å². The van der Waals surface area contributed by atoms with Crippen molar-refractivity contribution in [2.45, 2.75) is 45.1 Å². The molecule has 2 rings (SSSR count). The highest BCUT2D eigenvalue weighted by molar-refractivity contribution is 9.11. The predicted molar refractivity (Wildman–Crippen MR) is 98.9 cm³/mol. The predicted octanol–water partition coefficient (Wildman–Crippen LogP) is 3.33. The van der Waals surface area contributed by atoms with Gasteiger partial charge in [0, 0.05) is 35.3 Å². The van der Waals surface area contributed by atoms with Crippen LogP contribution in [0.4, 0.5) is 4.79 Å². The molecular weight excluding hydrogens is 442 g/mol. The molecule has 0 aliphatic carbocycles. The molecule has 0 bridgehead atoms. The second-order valence-corrected chi connectivity index (χ2v) is 8.50. The highest BCUT2D eigenvalue weighted by Gasteiger charge is 2.37. The summed E-state index contributed by atoms with van der Waals surface area (Å²) in [4.78, 5) is 18.3. The molecule has 1 aromatic rings. The number of carbonyl (C=O) groups excluding carboxylic acids is 1. The van der Waals surface area contributed by atoms with Crippen LogP contribution < -0.4 is 5.32 Å². The van der Waals surface area contributed by atoms with E-state index >= 15 is 0 Å². The smallest absolute Gasteiger partial charge is 0.410 e. The van der Waals surface area contributed by atoms with Gasteiger partial charge >= 0.3 is 6.09 Å². The van der Waals surface area contributed by atoms with Gasteiger partial charge in [-0.25, -0.2) is 4.79 Å². The monoisotopic (exact) mass is 463 g/mol. The molecule has 134 valence electrons. The Labute approximate surface area is 159 Å². The molecule has 8 heteroatoms. The van der Waals surface area contributed by atoms with E-state index in [-0.39, 0.29) is 18.2 Å². The zero-order valence-electron chi connectivity index (χ0n) is 14.3. The van der Waals surface area contributed by atoms with Crippen LogP contribution in [0.15, 0.2) is 21.2 Å². The van der Waals surface area contributed by atoms with E-state index < -0.39 is 5.60 Å². The van der Waals surface area contributed by atoms with E-state index in [0.29, 0.717) is 19.6 Å². The first-order valence-corrected chi connectivity index (χ1v) is 9.32. The lowest BCUT2D eigenvalue weighted by Crippen LogP contribution is -2.40. The summed E-state index contributed by atoms with van der Waals surface area (Å²) in [6, 6.07) is 1.99. The molecule has 1 N–H and O–H groups in total. The normalized spacial score (nSPS) is 21.2. The van der Waals surface area contributed by atoms with Crippen molar-refractivity contribution in [1.82, 2.24) is 15.2 Å². The maximum absolute atomic E-state index is 12.2. The lowest BCUT2D eigenvalue weighted by atomic mass is 10.2. The molecule has 0 radical (unpaired) electrons. The Morgan fingerprint density at radius 2 is 2.12 bits per heavy atom. The largest absolute Gasteiger partial charge is 0.444 e. The van der Waals surface area contributed by atoms with Crippen LogP contribution in [-0.2, 0) is 16.0 Å². The minimum atomic E-state index is -0.503. The molecular formula is C16H23Br2N3O3. The summed E-state index contributed by atoms with van der Waals surface area (Å²) in [5, 5.41) is 3.42. The Bertz CT molecular complexity index is 592. The van der Waals surface area contributed by atoms with Gasteiger partial charge in [-0.15, -0.1) is 0 Å². The number of likely N-dealkylation sites (tertiary alicyclic amines) is 1. The Morgan fingerprint density at radius 3 is 2.71 bits per heavy atom. The first-order chi connectivity index (χ1) is 11.2. The molecule has 1 aliphatic heterocycles. The van der Waals surface area contributed by atoms with Gasteiger partial charge in [0.1, 0.15) is 5.60 Å². The molecule has 1 unspecified atom stereocenters. The minimum absolute atomic E-state index is 0.0277. The first kappa shape index (κ1) is 19.6. The number of ether oxygens (including phenoxy) is 2. The quantitative estimate of drug-likeness (QED) is 0.740. The fourth-order valence-corrected chi connectivity index (χ4v) is 3.61. The van der Waals surface area contributed by atoms with Gasteiger partial charge < -0.3 is 19.7 Å². The fraction of sp³-hybridized carbons (Fsp3) is 0.625. The Balaban J connectivity index is 1.96. The number of carbonyl (C=O) groups is 1. The highest BCUT2D eigenvalue weighted by atomic mass is 79.9. The van der Waals surface area contributed by atoms with Crippen molar-refractivity contribution < 1.29 is 14.3 Å². The van der Waals surface area contributed by atoms with Crippen LogP contribution in [0.3, 0.4) is 0 Å². The van der Waals surface area contributed by atoms with Gasteiger partial charge in [-0.2, -0.15) is 0 Å². The molecule has 2 atom stereocenters. The summed E-state index contributed by atoms with van der Waals surface area (Å²) in [7, 11) is 1.66. The number of halogens is 2. The van der Waals surface area contributed by atoms with E-state index in [2.05, 4.69) is 42.2 Å². The Kier molecular flexibility index (Phi) is 6.64. The van der Waals surface area contributed by atoms with E-state index in [0.717, 1.165) is 14.6 Å². The third kappa shape index (κ3) is 5.40. The maximum atomic E-state index is 12.2. The number of aromatic nitrogens is 1. The summed E-state index contributed by atoms with van der Waals surface area (Å²) in [5.74, 6) is 0. The van der Waals surface area contributed by atoms with Crippen molar-refractivity contribution in [2.75, 3.05) is 20.2 Å². The molecule has 0 spiro atoms. The average Bonchev–Trinajstić information content (AvgIpc) is 2.88. The number of hydrogen-bond acceptors (Lipinski definition) is 5. The average molecular weight is 465 g/mol. The molecule has 1 fully saturated rings. The van der Waals surface area contributed by atoms with Crippen molar-refractivity contribution in [1.29, 1.82) is 0 Å². The summed E-state index contributed by atoms with van der Waals surface area (Å²) < 4.78 is 12.8. The van der Waals surface area contributed by atoms with Gasteiger partial charge in [0.05, 0.1) is 24.4 Å². The standard InChI is InChI=1S/C16H23Br2N3O3/c1-16(2,3)24-15(22)21-8-13(14(9-21)23-4)20-7-12-11(18)5-10(17)6-19-12/h5-6,13-14,20H,7-9H2,1-4H3/t13?,14-/m0/s1. The van der Waals surface area contributed by atoms with Crippen LogP contribution >= 0.6 is 31.9 Å². The molecule has 0 saturated carbocycles. The van der Waals surface area contributed by atoms with Crippen molar-refractivity contribution in [3.05, 3.63) is 26.9 Å². The Hall–Kier alpha value is -0.700. The maximum Gasteiger partial charge on any atom is 0.410 e. The summed E-state index contributed by atoms with van der Waals surface area (Å²) in [6.45, 7) is 7.23. The minimum Gasteiger partial charge on any atom is -0.444 e.